The Hall–Kier alpha value is -2.12. The second-order valence-electron chi connectivity index (χ2n) is 5.98. The van der Waals surface area contributed by atoms with Gasteiger partial charge in [0.1, 0.15) is 10.7 Å². The first kappa shape index (κ1) is 16.4. The first-order valence-corrected chi connectivity index (χ1v) is 10.1. The zero-order valence-electron chi connectivity index (χ0n) is 13.6. The van der Waals surface area contributed by atoms with Gasteiger partial charge in [-0.15, -0.1) is 11.3 Å². The van der Waals surface area contributed by atoms with Crippen molar-refractivity contribution in [2.24, 2.45) is 10.7 Å². The smallest absolute Gasteiger partial charge is 0.259 e. The van der Waals surface area contributed by atoms with E-state index in [9.17, 15) is 4.79 Å². The Balaban J connectivity index is 1.56. The molecule has 7 heteroatoms. The second-order valence-corrected chi connectivity index (χ2v) is 8.06. The summed E-state index contributed by atoms with van der Waals surface area (Å²) >= 11 is 3.04. The third kappa shape index (κ3) is 3.48. The Morgan fingerprint density at radius 1 is 1.28 bits per heavy atom. The van der Waals surface area contributed by atoms with Gasteiger partial charge in [-0.25, -0.2) is 9.98 Å². The molecule has 0 bridgehead atoms. The van der Waals surface area contributed by atoms with E-state index in [-0.39, 0.29) is 5.56 Å². The normalized spacial score (nSPS) is 14.6. The number of nitrogens with one attached hydrogen (secondary N) is 1. The molecule has 0 spiro atoms. The van der Waals surface area contributed by atoms with Crippen LogP contribution in [0.1, 0.15) is 29.1 Å². The van der Waals surface area contributed by atoms with Crippen molar-refractivity contribution in [2.45, 2.75) is 31.4 Å². The molecule has 0 aliphatic heterocycles. The van der Waals surface area contributed by atoms with Crippen molar-refractivity contribution in [3.63, 3.8) is 0 Å². The number of aliphatic imine (C=N–C) groups is 1. The topological polar surface area (TPSA) is 84.1 Å². The number of para-hydroxylation sites is 1. The van der Waals surface area contributed by atoms with Gasteiger partial charge in [-0.2, -0.15) is 0 Å². The van der Waals surface area contributed by atoms with Crippen LogP contribution in [0.15, 0.2) is 40.1 Å². The van der Waals surface area contributed by atoms with Crippen LogP contribution in [0.2, 0.25) is 0 Å². The summed E-state index contributed by atoms with van der Waals surface area (Å²) < 4.78 is 0. The summed E-state index contributed by atoms with van der Waals surface area (Å²) in [5.74, 6) is 1.14. The Bertz CT molecular complexity index is 991. The van der Waals surface area contributed by atoms with Gasteiger partial charge in [0.15, 0.2) is 5.17 Å². The number of aromatic nitrogens is 2. The lowest BCUT2D eigenvalue weighted by molar-refractivity contribution is 0.700. The van der Waals surface area contributed by atoms with E-state index in [2.05, 4.69) is 15.0 Å². The molecule has 3 N–H and O–H groups in total. The zero-order valence-corrected chi connectivity index (χ0v) is 15.3. The summed E-state index contributed by atoms with van der Waals surface area (Å²) in [5, 5.41) is 1.25. The number of thioether (sulfide) groups is 1. The van der Waals surface area contributed by atoms with Crippen molar-refractivity contribution in [3.8, 4) is 0 Å². The summed E-state index contributed by atoms with van der Waals surface area (Å²) in [4.78, 5) is 26.6. The van der Waals surface area contributed by atoms with Crippen LogP contribution in [0.3, 0.4) is 0 Å². The average Bonchev–Trinajstić information content (AvgIpc) is 2.99. The van der Waals surface area contributed by atoms with Crippen LogP contribution in [0.25, 0.3) is 10.2 Å². The Kier molecular flexibility index (Phi) is 4.59. The number of nitrogens with zero attached hydrogens (tertiary/aromatic N) is 2. The van der Waals surface area contributed by atoms with E-state index < -0.39 is 0 Å². The van der Waals surface area contributed by atoms with Gasteiger partial charge in [0.05, 0.1) is 16.8 Å². The van der Waals surface area contributed by atoms with E-state index in [0.717, 1.165) is 35.2 Å². The van der Waals surface area contributed by atoms with Crippen molar-refractivity contribution in [3.05, 3.63) is 57.0 Å². The predicted molar refractivity (Wildman–Crippen MR) is 106 cm³/mol. The quantitative estimate of drug-likeness (QED) is 0.543. The molecule has 1 aliphatic carbocycles. The molecule has 3 aromatic rings. The van der Waals surface area contributed by atoms with E-state index in [1.807, 2.05) is 30.3 Å². The highest BCUT2D eigenvalue weighted by atomic mass is 32.2. The number of hydrogen-bond donors (Lipinski definition) is 2. The molecular weight excluding hydrogens is 352 g/mol. The fourth-order valence-corrected chi connectivity index (χ4v) is 4.95. The van der Waals surface area contributed by atoms with Gasteiger partial charge in [0.2, 0.25) is 0 Å². The fraction of sp³-hybridized carbons (Fsp3) is 0.278. The summed E-state index contributed by atoms with van der Waals surface area (Å²) in [7, 11) is 0. The van der Waals surface area contributed by atoms with Crippen molar-refractivity contribution in [1.29, 1.82) is 0 Å². The molecule has 4 rings (SSSR count). The summed E-state index contributed by atoms with van der Waals surface area (Å²) in [6.45, 7) is 0. The van der Waals surface area contributed by atoms with Crippen LogP contribution in [-0.4, -0.2) is 15.1 Å². The summed E-state index contributed by atoms with van der Waals surface area (Å²) in [6.07, 6.45) is 4.41. The highest BCUT2D eigenvalue weighted by Crippen LogP contribution is 2.33. The zero-order chi connectivity index (χ0) is 17.2. The third-order valence-electron chi connectivity index (χ3n) is 4.23. The number of rotatable bonds is 3. The maximum absolute atomic E-state index is 12.5. The lowest BCUT2D eigenvalue weighted by Crippen LogP contribution is -2.14. The number of benzene rings is 1. The summed E-state index contributed by atoms with van der Waals surface area (Å²) in [6, 6.07) is 9.57. The molecule has 5 nitrogen and oxygen atoms in total. The van der Waals surface area contributed by atoms with E-state index in [1.54, 1.807) is 11.3 Å². The SMILES string of the molecule is NC(=Nc1ccccc1)SCc1nc2sc3c(c2c(=O)[nH]1)CCCC3. The Labute approximate surface area is 153 Å². The molecule has 0 saturated heterocycles. The average molecular weight is 371 g/mol. The lowest BCUT2D eigenvalue weighted by Gasteiger charge is -2.09. The fourth-order valence-electron chi connectivity index (χ4n) is 3.08. The maximum atomic E-state index is 12.5. The highest BCUT2D eigenvalue weighted by molar-refractivity contribution is 8.13. The number of aromatic amines is 1. The number of aryl methyl sites for hydroxylation is 2. The van der Waals surface area contributed by atoms with Crippen LogP contribution in [0.4, 0.5) is 5.69 Å². The van der Waals surface area contributed by atoms with E-state index in [4.69, 9.17) is 5.73 Å². The lowest BCUT2D eigenvalue weighted by atomic mass is 9.97. The van der Waals surface area contributed by atoms with E-state index in [0.29, 0.717) is 16.7 Å². The van der Waals surface area contributed by atoms with Gasteiger partial charge in [0.25, 0.3) is 5.56 Å². The number of thiophene rings is 1. The standard InChI is InChI=1S/C18H18N4OS2/c19-18(20-11-6-2-1-3-7-11)24-10-14-21-16(23)15-12-8-4-5-9-13(12)25-17(15)22-14/h1-3,6-7H,4-5,8-10H2,(H2,19,20)(H,21,22,23). The van der Waals surface area contributed by atoms with Crippen molar-refractivity contribution < 1.29 is 0 Å². The number of nitrogens with two attached hydrogens (primary N) is 1. The molecule has 0 radical (unpaired) electrons. The van der Waals surface area contributed by atoms with Gasteiger partial charge in [-0.1, -0.05) is 30.0 Å². The molecule has 0 saturated carbocycles. The molecule has 1 aliphatic rings. The van der Waals surface area contributed by atoms with Gasteiger partial charge in [-0.3, -0.25) is 4.79 Å². The number of hydrogen-bond acceptors (Lipinski definition) is 5. The van der Waals surface area contributed by atoms with Crippen LogP contribution in [-0.2, 0) is 18.6 Å². The minimum Gasteiger partial charge on any atom is -0.378 e. The van der Waals surface area contributed by atoms with Crippen molar-refractivity contribution in [2.75, 3.05) is 0 Å². The van der Waals surface area contributed by atoms with Gasteiger partial charge in [0, 0.05) is 4.88 Å². The molecule has 128 valence electrons. The molecule has 25 heavy (non-hydrogen) atoms. The van der Waals surface area contributed by atoms with Crippen molar-refractivity contribution >= 4 is 44.2 Å². The molecule has 1 aromatic carbocycles. The predicted octanol–water partition coefficient (Wildman–Crippen LogP) is 3.74. The van der Waals surface area contributed by atoms with Crippen LogP contribution < -0.4 is 11.3 Å². The monoisotopic (exact) mass is 370 g/mol. The molecular formula is C18H18N4OS2. The second kappa shape index (κ2) is 7.01. The number of amidine groups is 1. The molecule has 0 atom stereocenters. The molecule has 2 heterocycles. The first-order valence-electron chi connectivity index (χ1n) is 8.26. The highest BCUT2D eigenvalue weighted by Gasteiger charge is 2.19. The Morgan fingerprint density at radius 3 is 2.92 bits per heavy atom. The molecule has 0 amide bonds. The number of H-pyrrole nitrogens is 1. The number of fused-ring (bicyclic) bond motifs is 3. The van der Waals surface area contributed by atoms with Crippen LogP contribution in [0, 0.1) is 0 Å². The third-order valence-corrected chi connectivity index (χ3v) is 6.22. The van der Waals surface area contributed by atoms with Crippen molar-refractivity contribution in [1.82, 2.24) is 9.97 Å². The molecule has 0 unspecified atom stereocenters. The molecule has 2 aromatic heterocycles. The minimum absolute atomic E-state index is 0.0291. The van der Waals surface area contributed by atoms with E-state index in [1.165, 1.54) is 28.6 Å². The largest absolute Gasteiger partial charge is 0.378 e. The van der Waals surface area contributed by atoms with Gasteiger partial charge >= 0.3 is 0 Å². The van der Waals surface area contributed by atoms with Crippen LogP contribution >= 0.6 is 23.1 Å². The Morgan fingerprint density at radius 2 is 2.08 bits per heavy atom. The van der Waals surface area contributed by atoms with E-state index >= 15 is 0 Å². The van der Waals surface area contributed by atoms with Crippen LogP contribution in [0.5, 0.6) is 0 Å². The first-order chi connectivity index (χ1) is 12.2. The maximum Gasteiger partial charge on any atom is 0.259 e. The summed E-state index contributed by atoms with van der Waals surface area (Å²) in [5.41, 5.74) is 7.98. The molecule has 0 fully saturated rings. The van der Waals surface area contributed by atoms with Gasteiger partial charge in [-0.05, 0) is 43.4 Å². The minimum atomic E-state index is -0.0291. The van der Waals surface area contributed by atoms with Gasteiger partial charge < -0.3 is 10.7 Å².